The first-order valence-electron chi connectivity index (χ1n) is 6.37. The number of hydrogen-bond donors (Lipinski definition) is 2. The fraction of sp³-hybridized carbons (Fsp3) is 0.214. The van der Waals surface area contributed by atoms with Gasteiger partial charge in [-0.2, -0.15) is 0 Å². The Labute approximate surface area is 127 Å². The maximum Gasteiger partial charge on any atom is 0.323 e. The highest BCUT2D eigenvalue weighted by atomic mass is 35.5. The quantitative estimate of drug-likeness (QED) is 0.906. The molecule has 1 aromatic carbocycles. The lowest BCUT2D eigenvalue weighted by Crippen LogP contribution is -2.19. The predicted octanol–water partition coefficient (Wildman–Crippen LogP) is 3.48. The number of halogens is 1. The van der Waals surface area contributed by atoms with Crippen LogP contribution in [0.15, 0.2) is 30.6 Å². The van der Waals surface area contributed by atoms with Crippen LogP contribution in [0.3, 0.4) is 0 Å². The molecule has 2 amide bonds. The van der Waals surface area contributed by atoms with Gasteiger partial charge in [-0.1, -0.05) is 17.7 Å². The Hall–Kier alpha value is -2.34. The molecular weight excluding hydrogens is 292 g/mol. The van der Waals surface area contributed by atoms with Gasteiger partial charge < -0.3 is 15.4 Å². The molecule has 0 bridgehead atoms. The van der Waals surface area contributed by atoms with Gasteiger partial charge >= 0.3 is 12.0 Å². The van der Waals surface area contributed by atoms with Gasteiger partial charge in [-0.15, -0.1) is 0 Å². The van der Waals surface area contributed by atoms with E-state index in [1.54, 1.807) is 12.1 Å². The van der Waals surface area contributed by atoms with Crippen LogP contribution in [0.25, 0.3) is 0 Å². The minimum atomic E-state index is -0.400. The van der Waals surface area contributed by atoms with E-state index in [9.17, 15) is 4.79 Å². The van der Waals surface area contributed by atoms with Gasteiger partial charge in [0.15, 0.2) is 0 Å². The number of carbonyl (C=O) groups is 1. The van der Waals surface area contributed by atoms with Crippen molar-refractivity contribution in [2.45, 2.75) is 13.8 Å². The molecule has 0 fully saturated rings. The smallest absolute Gasteiger partial charge is 0.323 e. The lowest BCUT2D eigenvalue weighted by molar-refractivity contribution is 0.262. The molecule has 21 heavy (non-hydrogen) atoms. The fourth-order valence-electron chi connectivity index (χ4n) is 1.55. The highest BCUT2D eigenvalue weighted by Crippen LogP contribution is 2.20. The summed E-state index contributed by atoms with van der Waals surface area (Å²) in [6.07, 6.45) is 2.94. The number of amides is 2. The largest absolute Gasteiger partial charge is 0.464 e. The van der Waals surface area contributed by atoms with Crippen LogP contribution < -0.4 is 15.4 Å². The van der Waals surface area contributed by atoms with E-state index in [-0.39, 0.29) is 6.01 Å². The molecule has 7 heteroatoms. The number of hydrogen-bond acceptors (Lipinski definition) is 4. The number of aryl methyl sites for hydroxylation is 1. The molecule has 2 N–H and O–H groups in total. The Morgan fingerprint density at radius 2 is 1.90 bits per heavy atom. The van der Waals surface area contributed by atoms with Gasteiger partial charge in [-0.05, 0) is 31.5 Å². The van der Waals surface area contributed by atoms with Gasteiger partial charge in [-0.25, -0.2) is 14.8 Å². The Bertz CT molecular complexity index is 631. The lowest BCUT2D eigenvalue weighted by atomic mass is 10.2. The van der Waals surface area contributed by atoms with Crippen LogP contribution in [-0.4, -0.2) is 22.6 Å². The van der Waals surface area contributed by atoms with E-state index in [1.165, 1.54) is 12.4 Å². The highest BCUT2D eigenvalue weighted by molar-refractivity contribution is 6.31. The number of carbonyl (C=O) groups excluding carboxylic acids is 1. The van der Waals surface area contributed by atoms with Crippen molar-refractivity contribution in [3.05, 3.63) is 41.2 Å². The van der Waals surface area contributed by atoms with Crippen molar-refractivity contribution in [3.63, 3.8) is 0 Å². The van der Waals surface area contributed by atoms with Gasteiger partial charge in [0.1, 0.15) is 0 Å². The summed E-state index contributed by atoms with van der Waals surface area (Å²) in [4.78, 5) is 19.8. The number of aromatic nitrogens is 2. The van der Waals surface area contributed by atoms with Gasteiger partial charge in [0.25, 0.3) is 0 Å². The monoisotopic (exact) mass is 306 g/mol. The summed E-state index contributed by atoms with van der Waals surface area (Å²) in [7, 11) is 0. The zero-order valence-electron chi connectivity index (χ0n) is 11.7. The van der Waals surface area contributed by atoms with E-state index in [2.05, 4.69) is 20.6 Å². The van der Waals surface area contributed by atoms with Crippen LogP contribution in [0.1, 0.15) is 12.5 Å². The molecule has 1 heterocycles. The van der Waals surface area contributed by atoms with Crippen molar-refractivity contribution >= 4 is 29.0 Å². The SMILES string of the molecule is CCOc1ncc(NC(=O)Nc2ccc(C)c(Cl)c2)cn1. The summed E-state index contributed by atoms with van der Waals surface area (Å²) >= 11 is 6.00. The van der Waals surface area contributed by atoms with E-state index >= 15 is 0 Å². The van der Waals surface area contributed by atoms with Crippen LogP contribution in [0.2, 0.25) is 5.02 Å². The summed E-state index contributed by atoms with van der Waals surface area (Å²) < 4.78 is 5.12. The minimum absolute atomic E-state index is 0.272. The van der Waals surface area contributed by atoms with Crippen molar-refractivity contribution in [1.82, 2.24) is 9.97 Å². The number of nitrogens with zero attached hydrogens (tertiary/aromatic N) is 2. The second kappa shape index (κ2) is 6.90. The van der Waals surface area contributed by atoms with E-state index in [1.807, 2.05) is 19.9 Å². The molecule has 0 aliphatic carbocycles. The first kappa shape index (κ1) is 15.1. The summed E-state index contributed by atoms with van der Waals surface area (Å²) in [5.74, 6) is 0. The third-order valence-electron chi connectivity index (χ3n) is 2.59. The first-order chi connectivity index (χ1) is 10.1. The molecule has 0 unspecified atom stereocenters. The molecule has 0 radical (unpaired) electrons. The molecule has 2 aromatic rings. The second-order valence-electron chi connectivity index (χ2n) is 4.23. The normalized spacial score (nSPS) is 10.0. The molecule has 6 nitrogen and oxygen atoms in total. The molecule has 0 atom stereocenters. The molecule has 110 valence electrons. The molecule has 0 saturated carbocycles. The summed E-state index contributed by atoms with van der Waals surface area (Å²) in [6, 6.07) is 5.16. The van der Waals surface area contributed by atoms with E-state index in [0.717, 1.165) is 5.56 Å². The zero-order valence-corrected chi connectivity index (χ0v) is 12.4. The average molecular weight is 307 g/mol. The molecule has 2 rings (SSSR count). The first-order valence-corrected chi connectivity index (χ1v) is 6.75. The Balaban J connectivity index is 1.96. The Kier molecular flexibility index (Phi) is 4.94. The third kappa shape index (κ3) is 4.32. The van der Waals surface area contributed by atoms with Gasteiger partial charge in [-0.3, -0.25) is 0 Å². The maximum atomic E-state index is 11.8. The summed E-state index contributed by atoms with van der Waals surface area (Å²) in [5, 5.41) is 5.89. The van der Waals surface area contributed by atoms with E-state index in [0.29, 0.717) is 23.0 Å². The minimum Gasteiger partial charge on any atom is -0.464 e. The van der Waals surface area contributed by atoms with E-state index in [4.69, 9.17) is 16.3 Å². The van der Waals surface area contributed by atoms with Crippen LogP contribution in [0, 0.1) is 6.92 Å². The number of nitrogens with one attached hydrogen (secondary N) is 2. The third-order valence-corrected chi connectivity index (χ3v) is 3.00. The van der Waals surface area contributed by atoms with Crippen molar-refractivity contribution in [2.75, 3.05) is 17.2 Å². The van der Waals surface area contributed by atoms with E-state index < -0.39 is 6.03 Å². The topological polar surface area (TPSA) is 76.1 Å². The van der Waals surface area contributed by atoms with Gasteiger partial charge in [0.05, 0.1) is 24.7 Å². The Morgan fingerprint density at radius 1 is 1.24 bits per heavy atom. The molecular formula is C14H15ClN4O2. The Morgan fingerprint density at radius 3 is 2.52 bits per heavy atom. The van der Waals surface area contributed by atoms with Crippen molar-refractivity contribution in [2.24, 2.45) is 0 Å². The molecule has 0 aliphatic heterocycles. The summed E-state index contributed by atoms with van der Waals surface area (Å²) in [5.41, 5.74) is 2.02. The van der Waals surface area contributed by atoms with Crippen molar-refractivity contribution in [1.29, 1.82) is 0 Å². The number of urea groups is 1. The molecule has 0 spiro atoms. The number of rotatable bonds is 4. The maximum absolute atomic E-state index is 11.8. The van der Waals surface area contributed by atoms with Gasteiger partial charge in [0, 0.05) is 10.7 Å². The van der Waals surface area contributed by atoms with Crippen LogP contribution in [0.5, 0.6) is 6.01 Å². The number of ether oxygens (including phenoxy) is 1. The summed E-state index contributed by atoms with van der Waals surface area (Å²) in [6.45, 7) is 4.22. The van der Waals surface area contributed by atoms with Crippen molar-refractivity contribution in [3.8, 4) is 6.01 Å². The standard InChI is InChI=1S/C14H15ClN4O2/c1-3-21-14-16-7-11(8-17-14)19-13(20)18-10-5-4-9(2)12(15)6-10/h4-8H,3H2,1-2H3,(H2,18,19,20). The number of anilines is 2. The fourth-order valence-corrected chi connectivity index (χ4v) is 1.73. The predicted molar refractivity (Wildman–Crippen MR) is 82.0 cm³/mol. The average Bonchev–Trinajstić information content (AvgIpc) is 2.45. The highest BCUT2D eigenvalue weighted by Gasteiger charge is 2.05. The molecule has 1 aromatic heterocycles. The number of benzene rings is 1. The van der Waals surface area contributed by atoms with Crippen LogP contribution >= 0.6 is 11.6 Å². The van der Waals surface area contributed by atoms with Gasteiger partial charge in [0.2, 0.25) is 0 Å². The lowest BCUT2D eigenvalue weighted by Gasteiger charge is -2.08. The molecule has 0 saturated heterocycles. The van der Waals surface area contributed by atoms with Crippen LogP contribution in [-0.2, 0) is 0 Å². The van der Waals surface area contributed by atoms with Crippen LogP contribution in [0.4, 0.5) is 16.2 Å². The van der Waals surface area contributed by atoms with Crippen molar-refractivity contribution < 1.29 is 9.53 Å². The zero-order chi connectivity index (χ0) is 15.2. The second-order valence-corrected chi connectivity index (χ2v) is 4.64. The molecule has 0 aliphatic rings.